The third-order valence-corrected chi connectivity index (χ3v) is 5.35. The Hall–Kier alpha value is -1.08. The minimum Gasteiger partial charge on any atom is -0.399 e. The molecule has 0 aliphatic heterocycles. The highest BCUT2D eigenvalue weighted by atomic mass is 35.5. The van der Waals surface area contributed by atoms with Gasteiger partial charge in [-0.15, -0.1) is 0 Å². The van der Waals surface area contributed by atoms with Crippen LogP contribution in [0.3, 0.4) is 0 Å². The zero-order valence-electron chi connectivity index (χ0n) is 10.1. The second-order valence-corrected chi connectivity index (χ2v) is 6.96. The Bertz CT molecular complexity index is 669. The van der Waals surface area contributed by atoms with Crippen LogP contribution in [-0.4, -0.2) is 8.42 Å². The number of hydrogen-bond acceptors (Lipinski definition) is 4. The van der Waals surface area contributed by atoms with E-state index in [2.05, 4.69) is 4.72 Å². The van der Waals surface area contributed by atoms with Crippen molar-refractivity contribution in [2.24, 2.45) is 0 Å². The van der Waals surface area contributed by atoms with Crippen LogP contribution in [-0.2, 0) is 10.0 Å². The molecular formula is C12H13ClN2O2S2. The van der Waals surface area contributed by atoms with Gasteiger partial charge in [-0.1, -0.05) is 11.6 Å². The van der Waals surface area contributed by atoms with E-state index < -0.39 is 10.0 Å². The molecule has 102 valence electrons. The third kappa shape index (κ3) is 3.27. The number of sulfonamides is 1. The second-order valence-electron chi connectivity index (χ2n) is 4.09. The molecule has 0 bridgehead atoms. The van der Waals surface area contributed by atoms with Gasteiger partial charge in [0.25, 0.3) is 0 Å². The fourth-order valence-corrected chi connectivity index (χ4v) is 4.16. The maximum Gasteiger partial charge on any atom is 0.242 e. The van der Waals surface area contributed by atoms with Crippen molar-refractivity contribution < 1.29 is 8.42 Å². The maximum atomic E-state index is 12.2. The lowest BCUT2D eigenvalue weighted by atomic mass is 10.2. The highest BCUT2D eigenvalue weighted by Gasteiger charge is 2.21. The fourth-order valence-electron chi connectivity index (χ4n) is 1.62. The minimum atomic E-state index is -3.67. The largest absolute Gasteiger partial charge is 0.399 e. The van der Waals surface area contributed by atoms with Gasteiger partial charge in [-0.2, -0.15) is 11.3 Å². The monoisotopic (exact) mass is 316 g/mol. The first kappa shape index (κ1) is 14.3. The minimum absolute atomic E-state index is 0.0328. The number of nitrogens with two attached hydrogens (primary N) is 1. The number of benzene rings is 1. The van der Waals surface area contributed by atoms with E-state index in [-0.39, 0.29) is 16.0 Å². The van der Waals surface area contributed by atoms with Gasteiger partial charge in [0.1, 0.15) is 4.90 Å². The fraction of sp³-hybridized carbons (Fsp3) is 0.167. The topological polar surface area (TPSA) is 72.2 Å². The number of hydrogen-bond donors (Lipinski definition) is 2. The standard InChI is InChI=1S/C12H13ClN2O2S2/c1-8(9-4-5-18-7-9)15-19(16,17)12-3-2-10(14)6-11(12)13/h2-8,15H,14H2,1H3. The third-order valence-electron chi connectivity index (χ3n) is 2.62. The Morgan fingerprint density at radius 2 is 2.11 bits per heavy atom. The summed E-state index contributed by atoms with van der Waals surface area (Å²) >= 11 is 7.44. The summed E-state index contributed by atoms with van der Waals surface area (Å²) in [6.07, 6.45) is 0. The van der Waals surface area contributed by atoms with Crippen LogP contribution in [0, 0.1) is 0 Å². The SMILES string of the molecule is CC(NS(=O)(=O)c1ccc(N)cc1Cl)c1ccsc1. The summed E-state index contributed by atoms with van der Waals surface area (Å²) in [7, 11) is -3.67. The van der Waals surface area contributed by atoms with Crippen LogP contribution >= 0.6 is 22.9 Å². The lowest BCUT2D eigenvalue weighted by Crippen LogP contribution is -2.26. The molecule has 0 saturated carbocycles. The molecule has 7 heteroatoms. The van der Waals surface area contributed by atoms with Gasteiger partial charge in [-0.05, 0) is 47.5 Å². The number of anilines is 1. The van der Waals surface area contributed by atoms with Gasteiger partial charge in [0.15, 0.2) is 0 Å². The van der Waals surface area contributed by atoms with Gasteiger partial charge in [-0.3, -0.25) is 0 Å². The summed E-state index contributed by atoms with van der Waals surface area (Å²) < 4.78 is 27.1. The van der Waals surface area contributed by atoms with Crippen LogP contribution in [0.4, 0.5) is 5.69 Å². The van der Waals surface area contributed by atoms with Crippen molar-refractivity contribution in [2.45, 2.75) is 17.9 Å². The molecule has 0 saturated heterocycles. The molecule has 2 aromatic rings. The van der Waals surface area contributed by atoms with E-state index in [4.69, 9.17) is 17.3 Å². The molecule has 1 aromatic heterocycles. The van der Waals surface area contributed by atoms with Gasteiger partial charge in [0, 0.05) is 11.7 Å². The zero-order valence-corrected chi connectivity index (χ0v) is 12.5. The Balaban J connectivity index is 2.28. The molecular weight excluding hydrogens is 304 g/mol. The molecule has 1 heterocycles. The number of thiophene rings is 1. The van der Waals surface area contributed by atoms with Crippen LogP contribution in [0.1, 0.15) is 18.5 Å². The molecule has 0 aliphatic rings. The van der Waals surface area contributed by atoms with E-state index in [1.807, 2.05) is 16.8 Å². The molecule has 0 radical (unpaired) electrons. The average molecular weight is 317 g/mol. The summed E-state index contributed by atoms with van der Waals surface area (Å²) in [6.45, 7) is 1.78. The van der Waals surface area contributed by atoms with E-state index in [1.54, 1.807) is 6.92 Å². The van der Waals surface area contributed by atoms with E-state index >= 15 is 0 Å². The molecule has 1 aromatic carbocycles. The molecule has 1 atom stereocenters. The van der Waals surface area contributed by atoms with E-state index in [0.717, 1.165) is 5.56 Å². The molecule has 19 heavy (non-hydrogen) atoms. The maximum absolute atomic E-state index is 12.2. The Labute approximate surface area is 121 Å². The highest BCUT2D eigenvalue weighted by Crippen LogP contribution is 2.25. The van der Waals surface area contributed by atoms with Crippen LogP contribution in [0.2, 0.25) is 5.02 Å². The van der Waals surface area contributed by atoms with Crippen molar-refractivity contribution in [3.05, 3.63) is 45.6 Å². The van der Waals surface area contributed by atoms with E-state index in [0.29, 0.717) is 5.69 Å². The molecule has 1 unspecified atom stereocenters. The first-order chi connectivity index (χ1) is 8.90. The first-order valence-electron chi connectivity index (χ1n) is 5.49. The summed E-state index contributed by atoms with van der Waals surface area (Å²) in [5, 5.41) is 3.92. The van der Waals surface area contributed by atoms with E-state index in [1.165, 1.54) is 29.5 Å². The summed E-state index contributed by atoms with van der Waals surface area (Å²) in [5.74, 6) is 0. The lowest BCUT2D eigenvalue weighted by molar-refractivity contribution is 0.567. The molecule has 0 spiro atoms. The number of nitrogens with one attached hydrogen (secondary N) is 1. The van der Waals surface area contributed by atoms with Crippen molar-refractivity contribution in [3.63, 3.8) is 0 Å². The highest BCUT2D eigenvalue weighted by molar-refractivity contribution is 7.89. The van der Waals surface area contributed by atoms with Gasteiger partial charge in [-0.25, -0.2) is 13.1 Å². The average Bonchev–Trinajstić information content (AvgIpc) is 2.80. The molecule has 3 N–H and O–H groups in total. The molecule has 2 rings (SSSR count). The molecule has 0 amide bonds. The van der Waals surface area contributed by atoms with Gasteiger partial charge in [0.2, 0.25) is 10.0 Å². The Morgan fingerprint density at radius 1 is 1.37 bits per heavy atom. The van der Waals surface area contributed by atoms with Gasteiger partial charge >= 0.3 is 0 Å². The second kappa shape index (κ2) is 5.50. The summed E-state index contributed by atoms with van der Waals surface area (Å²) in [6, 6.07) is 5.90. The number of rotatable bonds is 4. The smallest absolute Gasteiger partial charge is 0.242 e. The van der Waals surface area contributed by atoms with Crippen LogP contribution < -0.4 is 10.5 Å². The van der Waals surface area contributed by atoms with E-state index in [9.17, 15) is 8.42 Å². The van der Waals surface area contributed by atoms with Crippen molar-refractivity contribution in [2.75, 3.05) is 5.73 Å². The molecule has 0 fully saturated rings. The number of nitrogen functional groups attached to an aromatic ring is 1. The lowest BCUT2D eigenvalue weighted by Gasteiger charge is -2.14. The Morgan fingerprint density at radius 3 is 2.68 bits per heavy atom. The van der Waals surface area contributed by atoms with Crippen LogP contribution in [0.15, 0.2) is 39.9 Å². The van der Waals surface area contributed by atoms with Crippen LogP contribution in [0.25, 0.3) is 0 Å². The Kier molecular flexibility index (Phi) is 4.15. The van der Waals surface area contributed by atoms with Crippen LogP contribution in [0.5, 0.6) is 0 Å². The molecule has 4 nitrogen and oxygen atoms in total. The van der Waals surface area contributed by atoms with Crippen molar-refractivity contribution in [1.29, 1.82) is 0 Å². The predicted octanol–water partition coefficient (Wildman–Crippen LogP) is 3.02. The van der Waals surface area contributed by atoms with Gasteiger partial charge < -0.3 is 5.73 Å². The van der Waals surface area contributed by atoms with Crippen molar-refractivity contribution >= 4 is 38.6 Å². The van der Waals surface area contributed by atoms with Crippen molar-refractivity contribution in [3.8, 4) is 0 Å². The summed E-state index contributed by atoms with van der Waals surface area (Å²) in [4.78, 5) is 0.0328. The molecule has 0 aliphatic carbocycles. The first-order valence-corrected chi connectivity index (χ1v) is 8.30. The normalized spacial score (nSPS) is 13.4. The quantitative estimate of drug-likeness (QED) is 0.852. The number of halogens is 1. The van der Waals surface area contributed by atoms with Crippen molar-refractivity contribution in [1.82, 2.24) is 4.72 Å². The predicted molar refractivity (Wildman–Crippen MR) is 78.9 cm³/mol. The zero-order chi connectivity index (χ0) is 14.0. The van der Waals surface area contributed by atoms with Gasteiger partial charge in [0.05, 0.1) is 5.02 Å². The summed E-state index contributed by atoms with van der Waals surface area (Å²) in [5.41, 5.74) is 6.89.